The summed E-state index contributed by atoms with van der Waals surface area (Å²) in [6.07, 6.45) is -0.196. The van der Waals surface area contributed by atoms with Crippen molar-refractivity contribution in [1.29, 1.82) is 0 Å². The van der Waals surface area contributed by atoms with Gasteiger partial charge in [0, 0.05) is 17.9 Å². The Labute approximate surface area is 75.5 Å². The Kier molecular flexibility index (Phi) is 4.86. The van der Waals surface area contributed by atoms with E-state index in [9.17, 15) is 13.2 Å². The third kappa shape index (κ3) is 7.10. The van der Waals surface area contributed by atoms with Gasteiger partial charge in [0.1, 0.15) is 0 Å². The maximum absolute atomic E-state index is 11.0. The molecule has 0 aromatic heterocycles. The van der Waals surface area contributed by atoms with Gasteiger partial charge in [-0.3, -0.25) is 4.79 Å². The molecule has 0 atom stereocenters. The Morgan fingerprint density at radius 3 is 2.54 bits per heavy atom. The standard InChI is InChI=1S/C5H10N4O3S/c6-5(10)1-3-13(11,12)4-2-8-9-7/h1-4H2,(H2,6,10). The summed E-state index contributed by atoms with van der Waals surface area (Å²) in [6.45, 7) is -0.113. The highest BCUT2D eigenvalue weighted by Gasteiger charge is 2.10. The molecule has 0 aliphatic carbocycles. The molecule has 0 spiro atoms. The molecule has 0 aromatic rings. The minimum Gasteiger partial charge on any atom is -0.370 e. The highest BCUT2D eigenvalue weighted by Crippen LogP contribution is 1.93. The summed E-state index contributed by atoms with van der Waals surface area (Å²) in [4.78, 5) is 12.7. The number of nitrogens with two attached hydrogens (primary N) is 1. The summed E-state index contributed by atoms with van der Waals surface area (Å²) in [5.74, 6) is -1.19. The smallest absolute Gasteiger partial charge is 0.218 e. The highest BCUT2D eigenvalue weighted by atomic mass is 32.2. The van der Waals surface area contributed by atoms with Gasteiger partial charge >= 0.3 is 0 Å². The fourth-order valence-corrected chi connectivity index (χ4v) is 1.66. The van der Waals surface area contributed by atoms with Crippen LogP contribution in [0.4, 0.5) is 0 Å². The lowest BCUT2D eigenvalue weighted by molar-refractivity contribution is -0.117. The quantitative estimate of drug-likeness (QED) is 0.360. The molecule has 0 saturated heterocycles. The first-order valence-electron chi connectivity index (χ1n) is 3.47. The van der Waals surface area contributed by atoms with Crippen molar-refractivity contribution in [2.75, 3.05) is 18.1 Å². The first-order valence-corrected chi connectivity index (χ1v) is 5.29. The maximum Gasteiger partial charge on any atom is 0.218 e. The zero-order valence-electron chi connectivity index (χ0n) is 6.88. The lowest BCUT2D eigenvalue weighted by Gasteiger charge is -1.98. The molecular weight excluding hydrogens is 196 g/mol. The van der Waals surface area contributed by atoms with E-state index in [1.807, 2.05) is 0 Å². The van der Waals surface area contributed by atoms with E-state index in [0.717, 1.165) is 0 Å². The topological polar surface area (TPSA) is 126 Å². The van der Waals surface area contributed by atoms with E-state index in [4.69, 9.17) is 11.3 Å². The van der Waals surface area contributed by atoms with E-state index >= 15 is 0 Å². The minimum atomic E-state index is -3.31. The zero-order chi connectivity index (χ0) is 10.3. The Morgan fingerprint density at radius 1 is 1.46 bits per heavy atom. The van der Waals surface area contributed by atoms with Crippen LogP contribution < -0.4 is 5.73 Å². The van der Waals surface area contributed by atoms with E-state index < -0.39 is 15.7 Å². The van der Waals surface area contributed by atoms with Crippen molar-refractivity contribution in [2.45, 2.75) is 6.42 Å². The van der Waals surface area contributed by atoms with Gasteiger partial charge < -0.3 is 5.73 Å². The van der Waals surface area contributed by atoms with Crippen LogP contribution in [0.1, 0.15) is 6.42 Å². The van der Waals surface area contributed by atoms with Crippen molar-refractivity contribution in [2.24, 2.45) is 10.8 Å². The molecule has 1 amide bonds. The van der Waals surface area contributed by atoms with Crippen LogP contribution >= 0.6 is 0 Å². The lowest BCUT2D eigenvalue weighted by Crippen LogP contribution is -2.19. The van der Waals surface area contributed by atoms with Gasteiger partial charge in [0.05, 0.1) is 11.5 Å². The average Bonchev–Trinajstić information content (AvgIpc) is 2.02. The third-order valence-corrected chi connectivity index (χ3v) is 2.86. The third-order valence-electron chi connectivity index (χ3n) is 1.23. The number of primary amides is 1. The Bertz CT molecular complexity index is 305. The number of nitrogens with zero attached hydrogens (tertiary/aromatic N) is 3. The Balaban J connectivity index is 3.94. The van der Waals surface area contributed by atoms with E-state index in [1.165, 1.54) is 0 Å². The molecule has 2 N–H and O–H groups in total. The van der Waals surface area contributed by atoms with Gasteiger partial charge in [0.25, 0.3) is 0 Å². The molecule has 8 heteroatoms. The van der Waals surface area contributed by atoms with Gasteiger partial charge in [-0.05, 0) is 5.53 Å². The molecule has 0 aliphatic rings. The van der Waals surface area contributed by atoms with Crippen LogP contribution in [0.5, 0.6) is 0 Å². The van der Waals surface area contributed by atoms with Crippen LogP contribution in [0.3, 0.4) is 0 Å². The Morgan fingerprint density at radius 2 is 2.08 bits per heavy atom. The molecule has 13 heavy (non-hydrogen) atoms. The fraction of sp³-hybridized carbons (Fsp3) is 0.800. The summed E-state index contributed by atoms with van der Waals surface area (Å²) >= 11 is 0. The van der Waals surface area contributed by atoms with Gasteiger partial charge in [0.15, 0.2) is 9.84 Å². The monoisotopic (exact) mass is 206 g/mol. The molecule has 0 fully saturated rings. The predicted octanol–water partition coefficient (Wildman–Crippen LogP) is -0.413. The predicted molar refractivity (Wildman–Crippen MR) is 46.5 cm³/mol. The van der Waals surface area contributed by atoms with Crippen molar-refractivity contribution in [3.05, 3.63) is 10.4 Å². The number of hydrogen-bond acceptors (Lipinski definition) is 4. The number of hydrogen-bond donors (Lipinski definition) is 1. The molecule has 0 unspecified atom stereocenters. The SMILES string of the molecule is [N-]=[N+]=NCCS(=O)(=O)CCC(N)=O. The first-order chi connectivity index (χ1) is 5.98. The van der Waals surface area contributed by atoms with Gasteiger partial charge in [-0.2, -0.15) is 0 Å². The summed E-state index contributed by atoms with van der Waals surface area (Å²) in [5.41, 5.74) is 12.6. The van der Waals surface area contributed by atoms with Crippen LogP contribution in [-0.4, -0.2) is 32.4 Å². The molecule has 0 aliphatic heterocycles. The molecule has 0 saturated carbocycles. The highest BCUT2D eigenvalue weighted by molar-refractivity contribution is 7.91. The largest absolute Gasteiger partial charge is 0.370 e. The van der Waals surface area contributed by atoms with Crippen LogP contribution in [0, 0.1) is 0 Å². The van der Waals surface area contributed by atoms with E-state index in [-0.39, 0.29) is 24.5 Å². The van der Waals surface area contributed by atoms with Gasteiger partial charge in [-0.25, -0.2) is 8.42 Å². The maximum atomic E-state index is 11.0. The van der Waals surface area contributed by atoms with Crippen molar-refractivity contribution < 1.29 is 13.2 Å². The van der Waals surface area contributed by atoms with E-state index in [0.29, 0.717) is 0 Å². The fourth-order valence-electron chi connectivity index (χ4n) is 0.583. The summed E-state index contributed by atoms with van der Waals surface area (Å²) in [5, 5.41) is 3.07. The molecular formula is C5H10N4O3S. The van der Waals surface area contributed by atoms with E-state index in [2.05, 4.69) is 10.0 Å². The van der Waals surface area contributed by atoms with Crippen LogP contribution in [-0.2, 0) is 14.6 Å². The van der Waals surface area contributed by atoms with Crippen molar-refractivity contribution >= 4 is 15.7 Å². The zero-order valence-corrected chi connectivity index (χ0v) is 7.70. The summed E-state index contributed by atoms with van der Waals surface area (Å²) in [6, 6.07) is 0. The second-order valence-corrected chi connectivity index (χ2v) is 4.63. The average molecular weight is 206 g/mol. The van der Waals surface area contributed by atoms with Gasteiger partial charge in [-0.15, -0.1) is 0 Å². The van der Waals surface area contributed by atoms with Crippen molar-refractivity contribution in [3.8, 4) is 0 Å². The molecule has 0 rings (SSSR count). The molecule has 0 aromatic carbocycles. The molecule has 0 bridgehead atoms. The molecule has 0 heterocycles. The first kappa shape index (κ1) is 11.7. The number of carbonyl (C=O) groups is 1. The normalized spacial score (nSPS) is 10.5. The molecule has 7 nitrogen and oxygen atoms in total. The number of amides is 1. The van der Waals surface area contributed by atoms with E-state index in [1.54, 1.807) is 0 Å². The van der Waals surface area contributed by atoms with Crippen LogP contribution in [0.15, 0.2) is 5.11 Å². The summed E-state index contributed by atoms with van der Waals surface area (Å²) < 4.78 is 22.0. The van der Waals surface area contributed by atoms with Crippen LogP contribution in [0.2, 0.25) is 0 Å². The van der Waals surface area contributed by atoms with Crippen molar-refractivity contribution in [3.63, 3.8) is 0 Å². The number of sulfone groups is 1. The number of azide groups is 1. The van der Waals surface area contributed by atoms with Crippen molar-refractivity contribution in [1.82, 2.24) is 0 Å². The molecule has 74 valence electrons. The van der Waals surface area contributed by atoms with Gasteiger partial charge in [-0.1, -0.05) is 5.11 Å². The number of carbonyl (C=O) groups excluding carboxylic acids is 1. The molecule has 0 radical (unpaired) electrons. The minimum absolute atomic E-state index is 0.113. The summed E-state index contributed by atoms with van der Waals surface area (Å²) in [7, 11) is -3.31. The Hall–Kier alpha value is -1.27. The second-order valence-electron chi connectivity index (χ2n) is 2.32. The lowest BCUT2D eigenvalue weighted by atomic mass is 10.5. The second kappa shape index (κ2) is 5.39. The van der Waals surface area contributed by atoms with Gasteiger partial charge in [0.2, 0.25) is 5.91 Å². The van der Waals surface area contributed by atoms with Crippen LogP contribution in [0.25, 0.3) is 10.4 Å². The number of rotatable bonds is 6.